The number of halogens is 2. The van der Waals surface area contributed by atoms with Gasteiger partial charge in [-0.3, -0.25) is 0 Å². The van der Waals surface area contributed by atoms with Crippen LogP contribution in [0.3, 0.4) is 0 Å². The van der Waals surface area contributed by atoms with Crippen molar-refractivity contribution < 1.29 is 9.90 Å². The summed E-state index contributed by atoms with van der Waals surface area (Å²) in [7, 11) is 0. The van der Waals surface area contributed by atoms with Crippen LogP contribution in [0.5, 0.6) is 0 Å². The van der Waals surface area contributed by atoms with Gasteiger partial charge in [0.15, 0.2) is 0 Å². The molecule has 0 amide bonds. The fourth-order valence-corrected chi connectivity index (χ4v) is 3.12. The molecule has 0 radical (unpaired) electrons. The first-order chi connectivity index (χ1) is 8.58. The number of carboxylic acid groups (broad SMARTS) is 1. The van der Waals surface area contributed by atoms with Crippen molar-refractivity contribution in [2.24, 2.45) is 0 Å². The molecular weight excluding hydrogens is 384 g/mol. The summed E-state index contributed by atoms with van der Waals surface area (Å²) in [6.45, 7) is 0.535. The van der Waals surface area contributed by atoms with Crippen LogP contribution in [0.25, 0.3) is 0 Å². The van der Waals surface area contributed by atoms with Gasteiger partial charge >= 0.3 is 5.97 Å². The molecule has 2 aromatic heterocycles. The molecule has 0 aliphatic heterocycles. The lowest BCUT2D eigenvalue weighted by molar-refractivity contribution is 0.0697. The lowest BCUT2D eigenvalue weighted by atomic mass is 10.2. The summed E-state index contributed by atoms with van der Waals surface area (Å²) in [6.07, 6.45) is 1.57. The Kier molecular flexibility index (Phi) is 4.36. The van der Waals surface area contributed by atoms with E-state index in [-0.39, 0.29) is 5.56 Å². The molecule has 0 saturated heterocycles. The van der Waals surface area contributed by atoms with Crippen LogP contribution in [0, 0.1) is 0 Å². The van der Waals surface area contributed by atoms with Crippen LogP contribution in [0.2, 0.25) is 0 Å². The van der Waals surface area contributed by atoms with E-state index in [0.717, 1.165) is 9.35 Å². The van der Waals surface area contributed by atoms with Crippen molar-refractivity contribution in [2.45, 2.75) is 6.54 Å². The van der Waals surface area contributed by atoms with Crippen molar-refractivity contribution in [3.05, 3.63) is 43.1 Å². The van der Waals surface area contributed by atoms with E-state index < -0.39 is 5.97 Å². The molecule has 4 nitrogen and oxygen atoms in total. The molecule has 2 aromatic rings. The summed E-state index contributed by atoms with van der Waals surface area (Å²) < 4.78 is 1.65. The number of nitrogens with one attached hydrogen (secondary N) is 1. The van der Waals surface area contributed by atoms with Gasteiger partial charge in [-0.1, -0.05) is 0 Å². The maximum Gasteiger partial charge on any atom is 0.339 e. The fourth-order valence-electron chi connectivity index (χ4n) is 1.36. The molecule has 7 heteroatoms. The first-order valence-corrected chi connectivity index (χ1v) is 7.39. The molecular formula is C11H8Br2N2O2S. The summed E-state index contributed by atoms with van der Waals surface area (Å²) in [5.74, 6) is -0.637. The minimum Gasteiger partial charge on any atom is -0.478 e. The largest absolute Gasteiger partial charge is 0.478 e. The predicted octanol–water partition coefficient (Wildman–Crippen LogP) is 3.98. The Balaban J connectivity index is 2.19. The Hall–Kier alpha value is -0.920. The molecule has 0 spiro atoms. The highest BCUT2D eigenvalue weighted by molar-refractivity contribution is 9.10. The van der Waals surface area contributed by atoms with E-state index in [1.165, 1.54) is 6.07 Å². The second-order valence-corrected chi connectivity index (χ2v) is 6.17. The minimum atomic E-state index is -1.00. The third-order valence-corrected chi connectivity index (χ3v) is 4.55. The molecule has 2 rings (SSSR count). The van der Waals surface area contributed by atoms with Gasteiger partial charge in [0.2, 0.25) is 0 Å². The van der Waals surface area contributed by atoms with Crippen LogP contribution in [-0.4, -0.2) is 16.1 Å². The van der Waals surface area contributed by atoms with Gasteiger partial charge in [-0.2, -0.15) is 0 Å². The molecule has 0 aliphatic carbocycles. The lowest BCUT2D eigenvalue weighted by Gasteiger charge is -2.08. The van der Waals surface area contributed by atoms with Crippen LogP contribution >= 0.6 is 43.2 Å². The van der Waals surface area contributed by atoms with Crippen LogP contribution < -0.4 is 5.32 Å². The van der Waals surface area contributed by atoms with E-state index in [2.05, 4.69) is 42.2 Å². The van der Waals surface area contributed by atoms with Crippen LogP contribution in [0.1, 0.15) is 15.2 Å². The van der Waals surface area contributed by atoms with Gasteiger partial charge in [-0.05, 0) is 49.4 Å². The number of rotatable bonds is 4. The van der Waals surface area contributed by atoms with Gasteiger partial charge in [0.25, 0.3) is 0 Å². The zero-order valence-corrected chi connectivity index (χ0v) is 13.0. The number of thiophene rings is 1. The highest BCUT2D eigenvalue weighted by atomic mass is 79.9. The van der Waals surface area contributed by atoms with Crippen molar-refractivity contribution in [3.63, 3.8) is 0 Å². The zero-order valence-electron chi connectivity index (χ0n) is 8.98. The molecule has 0 aromatic carbocycles. The van der Waals surface area contributed by atoms with Crippen LogP contribution in [0.4, 0.5) is 5.82 Å². The third-order valence-electron chi connectivity index (χ3n) is 2.19. The van der Waals surface area contributed by atoms with E-state index in [9.17, 15) is 4.79 Å². The molecule has 0 aliphatic rings. The summed E-state index contributed by atoms with van der Waals surface area (Å²) >= 11 is 8.22. The topological polar surface area (TPSA) is 62.2 Å². The molecule has 0 atom stereocenters. The molecule has 94 valence electrons. The fraction of sp³-hybridized carbons (Fsp3) is 0.0909. The predicted molar refractivity (Wildman–Crippen MR) is 78.2 cm³/mol. The van der Waals surface area contributed by atoms with E-state index in [1.807, 2.05) is 11.4 Å². The van der Waals surface area contributed by atoms with E-state index in [4.69, 9.17) is 5.11 Å². The SMILES string of the molecule is O=C(O)c1cc(Br)cnc1NCc1sccc1Br. The summed E-state index contributed by atoms with van der Waals surface area (Å²) in [5.41, 5.74) is 0.150. The number of anilines is 1. The average molecular weight is 392 g/mol. The Morgan fingerprint density at radius 1 is 1.50 bits per heavy atom. The molecule has 2 N–H and O–H groups in total. The van der Waals surface area contributed by atoms with E-state index in [0.29, 0.717) is 16.8 Å². The van der Waals surface area contributed by atoms with Gasteiger partial charge < -0.3 is 10.4 Å². The Morgan fingerprint density at radius 3 is 2.89 bits per heavy atom. The summed E-state index contributed by atoms with van der Waals surface area (Å²) in [6, 6.07) is 3.48. The number of hydrogen-bond donors (Lipinski definition) is 2. The van der Waals surface area contributed by atoms with E-state index in [1.54, 1.807) is 17.5 Å². The smallest absolute Gasteiger partial charge is 0.339 e. The third kappa shape index (κ3) is 3.09. The number of carbonyl (C=O) groups is 1. The number of carboxylic acids is 1. The average Bonchev–Trinajstić information content (AvgIpc) is 2.73. The van der Waals surface area contributed by atoms with Gasteiger partial charge in [-0.25, -0.2) is 9.78 Å². The van der Waals surface area contributed by atoms with Crippen molar-refractivity contribution >= 4 is 55.0 Å². The minimum absolute atomic E-state index is 0.150. The highest BCUT2D eigenvalue weighted by Crippen LogP contribution is 2.24. The van der Waals surface area contributed by atoms with Crippen molar-refractivity contribution in [1.82, 2.24) is 4.98 Å². The molecule has 18 heavy (non-hydrogen) atoms. The molecule has 0 saturated carbocycles. The Bertz CT molecular complexity index is 586. The van der Waals surface area contributed by atoms with Gasteiger partial charge in [0.05, 0.1) is 6.54 Å². The van der Waals surface area contributed by atoms with Gasteiger partial charge in [0.1, 0.15) is 11.4 Å². The number of hydrogen-bond acceptors (Lipinski definition) is 4. The summed E-state index contributed by atoms with van der Waals surface area (Å²) in [5, 5.41) is 14.1. The maximum atomic E-state index is 11.1. The maximum absolute atomic E-state index is 11.1. The van der Waals surface area contributed by atoms with Crippen LogP contribution in [0.15, 0.2) is 32.7 Å². The number of pyridine rings is 1. The van der Waals surface area contributed by atoms with E-state index >= 15 is 0 Å². The van der Waals surface area contributed by atoms with Crippen LogP contribution in [-0.2, 0) is 6.54 Å². The first-order valence-electron chi connectivity index (χ1n) is 4.92. The second-order valence-electron chi connectivity index (χ2n) is 3.40. The Labute approximate surface area is 124 Å². The molecule has 0 unspecified atom stereocenters. The zero-order chi connectivity index (χ0) is 13.1. The first kappa shape index (κ1) is 13.5. The van der Waals surface area contributed by atoms with Gasteiger partial charge in [-0.15, -0.1) is 11.3 Å². The summed E-state index contributed by atoms with van der Waals surface area (Å²) in [4.78, 5) is 16.3. The number of nitrogens with zero attached hydrogens (tertiary/aromatic N) is 1. The quantitative estimate of drug-likeness (QED) is 0.827. The van der Waals surface area contributed by atoms with Crippen molar-refractivity contribution in [2.75, 3.05) is 5.32 Å². The molecule has 0 bridgehead atoms. The Morgan fingerprint density at radius 2 is 2.28 bits per heavy atom. The second kappa shape index (κ2) is 5.81. The van der Waals surface area contributed by atoms with Gasteiger partial charge in [0, 0.05) is 20.0 Å². The monoisotopic (exact) mass is 390 g/mol. The standard InChI is InChI=1S/C11H8Br2N2O2S/c12-6-3-7(11(16)17)10(14-4-6)15-5-9-8(13)1-2-18-9/h1-4H,5H2,(H,14,15)(H,16,17). The normalized spacial score (nSPS) is 10.3. The van der Waals surface area contributed by atoms with Crippen molar-refractivity contribution in [1.29, 1.82) is 0 Å². The number of aromatic carboxylic acids is 1. The molecule has 2 heterocycles. The lowest BCUT2D eigenvalue weighted by Crippen LogP contribution is -2.08. The van der Waals surface area contributed by atoms with Crippen molar-refractivity contribution in [3.8, 4) is 0 Å². The number of aromatic nitrogens is 1. The highest BCUT2D eigenvalue weighted by Gasteiger charge is 2.12. The molecule has 0 fully saturated rings.